The fourth-order valence-corrected chi connectivity index (χ4v) is 4.21. The average molecular weight is 476 g/mol. The summed E-state index contributed by atoms with van der Waals surface area (Å²) in [6.45, 7) is 6.11. The molecule has 1 aliphatic heterocycles. The Morgan fingerprint density at radius 2 is 1.71 bits per heavy atom. The van der Waals surface area contributed by atoms with Crippen molar-refractivity contribution >= 4 is 17.3 Å². The molecule has 1 atom stereocenters. The van der Waals surface area contributed by atoms with E-state index in [1.165, 1.54) is 19.6 Å². The third-order valence-corrected chi connectivity index (χ3v) is 6.06. The summed E-state index contributed by atoms with van der Waals surface area (Å²) in [6, 6.07) is 14.9. The summed E-state index contributed by atoms with van der Waals surface area (Å²) in [7, 11) is 1.51. The molecule has 0 N–H and O–H groups in total. The van der Waals surface area contributed by atoms with Crippen LogP contribution in [0.5, 0.6) is 11.5 Å². The zero-order valence-electron chi connectivity index (χ0n) is 20.4. The minimum atomic E-state index is -0.704. The zero-order chi connectivity index (χ0) is 24.9. The highest BCUT2D eigenvalue weighted by Crippen LogP contribution is 2.33. The van der Waals surface area contributed by atoms with Crippen molar-refractivity contribution in [1.82, 2.24) is 15.1 Å². The van der Waals surface area contributed by atoms with Crippen molar-refractivity contribution in [2.24, 2.45) is 0 Å². The molecule has 0 radical (unpaired) electrons. The molecule has 1 saturated heterocycles. The quantitative estimate of drug-likeness (QED) is 0.465. The van der Waals surface area contributed by atoms with E-state index in [0.29, 0.717) is 54.8 Å². The number of hydrogen-bond donors (Lipinski definition) is 0. The standard InChI is InChI=1S/C27H29N3O5/c1-17(31)22-10-11-23(24(16-22)33-4)34-18(2)27(32)30-14-12-21(13-15-30)25(20-8-6-5-7-9-20)26-29-28-19(3)35-26/h5-11,16,18H,12-15H2,1-4H3. The zero-order valence-corrected chi connectivity index (χ0v) is 20.4. The van der Waals surface area contributed by atoms with Gasteiger partial charge in [0, 0.05) is 31.1 Å². The van der Waals surface area contributed by atoms with Crippen molar-refractivity contribution in [2.45, 2.75) is 39.7 Å². The van der Waals surface area contributed by atoms with Gasteiger partial charge in [-0.1, -0.05) is 35.9 Å². The van der Waals surface area contributed by atoms with Crippen LogP contribution in [0.25, 0.3) is 5.57 Å². The van der Waals surface area contributed by atoms with Crippen molar-refractivity contribution < 1.29 is 23.5 Å². The Kier molecular flexibility index (Phi) is 7.29. The minimum absolute atomic E-state index is 0.0679. The SMILES string of the molecule is COc1cc(C(C)=O)ccc1OC(C)C(=O)N1CCC(=C(c2ccccc2)c2nnc(C)o2)CC1. The molecule has 35 heavy (non-hydrogen) atoms. The third-order valence-electron chi connectivity index (χ3n) is 6.06. The van der Waals surface area contributed by atoms with Gasteiger partial charge in [-0.2, -0.15) is 0 Å². The van der Waals surface area contributed by atoms with Gasteiger partial charge in [0.15, 0.2) is 23.4 Å². The number of carbonyl (C=O) groups is 2. The molecular weight excluding hydrogens is 446 g/mol. The van der Waals surface area contributed by atoms with E-state index in [0.717, 1.165) is 11.1 Å². The summed E-state index contributed by atoms with van der Waals surface area (Å²) in [5, 5.41) is 8.25. The van der Waals surface area contributed by atoms with Crippen LogP contribution in [-0.2, 0) is 4.79 Å². The van der Waals surface area contributed by atoms with E-state index < -0.39 is 6.10 Å². The van der Waals surface area contributed by atoms with E-state index in [4.69, 9.17) is 13.9 Å². The number of amides is 1. The van der Waals surface area contributed by atoms with E-state index in [1.54, 1.807) is 32.0 Å². The molecule has 2 aromatic carbocycles. The summed E-state index contributed by atoms with van der Waals surface area (Å²) >= 11 is 0. The van der Waals surface area contributed by atoms with Gasteiger partial charge >= 0.3 is 0 Å². The smallest absolute Gasteiger partial charge is 0.263 e. The number of carbonyl (C=O) groups excluding carboxylic acids is 2. The summed E-state index contributed by atoms with van der Waals surface area (Å²) < 4.78 is 17.1. The van der Waals surface area contributed by atoms with Gasteiger partial charge in [-0.15, -0.1) is 10.2 Å². The van der Waals surface area contributed by atoms with E-state index in [1.807, 2.05) is 35.2 Å². The summed E-state index contributed by atoms with van der Waals surface area (Å²) in [5.74, 6) is 1.69. The van der Waals surface area contributed by atoms with Crippen LogP contribution >= 0.6 is 0 Å². The Hall–Kier alpha value is -3.94. The largest absolute Gasteiger partial charge is 0.493 e. The molecule has 8 heteroatoms. The summed E-state index contributed by atoms with van der Waals surface area (Å²) in [5.41, 5.74) is 3.66. The Labute approximate surface area is 204 Å². The van der Waals surface area contributed by atoms with Crippen molar-refractivity contribution in [3.8, 4) is 11.5 Å². The lowest BCUT2D eigenvalue weighted by Crippen LogP contribution is -2.43. The molecule has 1 fully saturated rings. The van der Waals surface area contributed by atoms with Gasteiger partial charge in [-0.3, -0.25) is 9.59 Å². The first kappa shape index (κ1) is 24.2. The van der Waals surface area contributed by atoms with Crippen LogP contribution in [0, 0.1) is 6.92 Å². The Morgan fingerprint density at radius 3 is 2.31 bits per heavy atom. The number of nitrogens with zero attached hydrogens (tertiary/aromatic N) is 3. The van der Waals surface area contributed by atoms with Crippen LogP contribution < -0.4 is 9.47 Å². The number of likely N-dealkylation sites (tertiary alicyclic amines) is 1. The molecule has 0 spiro atoms. The fourth-order valence-electron chi connectivity index (χ4n) is 4.21. The van der Waals surface area contributed by atoms with Crippen LogP contribution in [0.3, 0.4) is 0 Å². The van der Waals surface area contributed by atoms with E-state index >= 15 is 0 Å². The van der Waals surface area contributed by atoms with Gasteiger partial charge in [-0.05, 0) is 50.5 Å². The Bertz CT molecular complexity index is 1240. The summed E-state index contributed by atoms with van der Waals surface area (Å²) in [4.78, 5) is 26.6. The van der Waals surface area contributed by atoms with Gasteiger partial charge in [0.05, 0.1) is 7.11 Å². The maximum Gasteiger partial charge on any atom is 0.263 e. The van der Waals surface area contributed by atoms with Gasteiger partial charge in [0.25, 0.3) is 5.91 Å². The van der Waals surface area contributed by atoms with Gasteiger partial charge in [-0.25, -0.2) is 0 Å². The predicted octanol–water partition coefficient (Wildman–Crippen LogP) is 4.48. The fraction of sp³-hybridized carbons (Fsp3) is 0.333. The Balaban J connectivity index is 1.48. The first-order valence-corrected chi connectivity index (χ1v) is 11.6. The molecule has 8 nitrogen and oxygen atoms in total. The second-order valence-corrected chi connectivity index (χ2v) is 8.48. The van der Waals surface area contributed by atoms with Gasteiger partial charge in [0.2, 0.25) is 11.8 Å². The number of piperidine rings is 1. The maximum atomic E-state index is 13.1. The van der Waals surface area contributed by atoms with Crippen molar-refractivity contribution in [3.63, 3.8) is 0 Å². The van der Waals surface area contributed by atoms with Crippen LogP contribution in [0.15, 0.2) is 58.5 Å². The van der Waals surface area contributed by atoms with Crippen LogP contribution in [0.4, 0.5) is 0 Å². The molecule has 182 valence electrons. The Morgan fingerprint density at radius 1 is 1.00 bits per heavy atom. The molecule has 1 unspecified atom stereocenters. The molecule has 3 aromatic rings. The number of ketones is 1. The number of methoxy groups -OCH3 is 1. The molecule has 4 rings (SSSR count). The topological polar surface area (TPSA) is 94.8 Å². The second kappa shape index (κ2) is 10.5. The molecule has 1 aromatic heterocycles. The maximum absolute atomic E-state index is 13.1. The lowest BCUT2D eigenvalue weighted by atomic mass is 9.93. The number of ether oxygens (including phenoxy) is 2. The lowest BCUT2D eigenvalue weighted by molar-refractivity contribution is -0.138. The predicted molar refractivity (Wildman–Crippen MR) is 130 cm³/mol. The normalized spacial score (nSPS) is 14.4. The van der Waals surface area contributed by atoms with Crippen LogP contribution in [-0.4, -0.2) is 53.1 Å². The highest BCUT2D eigenvalue weighted by molar-refractivity contribution is 5.94. The number of aryl methyl sites for hydroxylation is 1. The first-order valence-electron chi connectivity index (χ1n) is 11.6. The molecule has 0 bridgehead atoms. The van der Waals surface area contributed by atoms with E-state index in [2.05, 4.69) is 10.2 Å². The number of rotatable bonds is 7. The van der Waals surface area contributed by atoms with E-state index in [9.17, 15) is 9.59 Å². The first-order chi connectivity index (χ1) is 16.9. The van der Waals surface area contributed by atoms with Crippen LogP contribution in [0.2, 0.25) is 0 Å². The van der Waals surface area contributed by atoms with Crippen LogP contribution in [0.1, 0.15) is 54.4 Å². The lowest BCUT2D eigenvalue weighted by Gasteiger charge is -2.31. The number of hydrogen-bond acceptors (Lipinski definition) is 7. The molecule has 1 amide bonds. The second-order valence-electron chi connectivity index (χ2n) is 8.48. The van der Waals surface area contributed by atoms with Crippen molar-refractivity contribution in [3.05, 3.63) is 77.0 Å². The molecular formula is C27H29N3O5. The van der Waals surface area contributed by atoms with Crippen molar-refractivity contribution in [2.75, 3.05) is 20.2 Å². The molecule has 2 heterocycles. The third kappa shape index (κ3) is 5.42. The van der Waals surface area contributed by atoms with Gasteiger partial charge < -0.3 is 18.8 Å². The summed E-state index contributed by atoms with van der Waals surface area (Å²) in [6.07, 6.45) is 0.686. The highest BCUT2D eigenvalue weighted by atomic mass is 16.5. The van der Waals surface area contributed by atoms with E-state index in [-0.39, 0.29) is 11.7 Å². The van der Waals surface area contributed by atoms with Crippen molar-refractivity contribution in [1.29, 1.82) is 0 Å². The van der Waals surface area contributed by atoms with Gasteiger partial charge in [0.1, 0.15) is 0 Å². The molecule has 1 aliphatic rings. The minimum Gasteiger partial charge on any atom is -0.493 e. The molecule has 0 saturated carbocycles. The molecule has 0 aliphatic carbocycles. The number of aromatic nitrogens is 2. The number of benzene rings is 2. The average Bonchev–Trinajstić information content (AvgIpc) is 3.30. The number of Topliss-reactive ketones (excluding diaryl/α,β-unsaturated/α-hetero) is 1. The highest BCUT2D eigenvalue weighted by Gasteiger charge is 2.28. The monoisotopic (exact) mass is 475 g/mol.